The molecule has 3 heteroatoms. The molecular formula is C15H27NOS. The van der Waals surface area contributed by atoms with E-state index in [1.807, 2.05) is 20.1 Å². The molecule has 1 N–H and O–H groups in total. The fourth-order valence-corrected chi connectivity index (χ4v) is 2.04. The van der Waals surface area contributed by atoms with Crippen molar-refractivity contribution in [3.63, 3.8) is 0 Å². The SMILES string of the molecule is CC.COc1c(C)cc(C(C)(C)C)cc1NSC. The van der Waals surface area contributed by atoms with Crippen molar-refractivity contribution in [2.75, 3.05) is 18.1 Å². The molecule has 0 saturated heterocycles. The Hall–Kier alpha value is -0.830. The van der Waals surface area contributed by atoms with Crippen molar-refractivity contribution in [1.82, 2.24) is 0 Å². The second-order valence-corrected chi connectivity index (χ2v) is 5.54. The summed E-state index contributed by atoms with van der Waals surface area (Å²) in [4.78, 5) is 0. The van der Waals surface area contributed by atoms with Crippen molar-refractivity contribution < 1.29 is 4.74 Å². The molecule has 0 aliphatic carbocycles. The van der Waals surface area contributed by atoms with Crippen molar-refractivity contribution in [2.45, 2.75) is 47.0 Å². The number of benzene rings is 1. The molecule has 0 fully saturated rings. The fraction of sp³-hybridized carbons (Fsp3) is 0.600. The summed E-state index contributed by atoms with van der Waals surface area (Å²) in [7, 11) is 1.71. The molecule has 0 bridgehead atoms. The van der Waals surface area contributed by atoms with Crippen LogP contribution in [0.25, 0.3) is 0 Å². The van der Waals surface area contributed by atoms with E-state index in [1.165, 1.54) is 11.1 Å². The van der Waals surface area contributed by atoms with Gasteiger partial charge in [-0.2, -0.15) is 0 Å². The van der Waals surface area contributed by atoms with Gasteiger partial charge in [0.05, 0.1) is 12.8 Å². The third-order valence-electron chi connectivity index (χ3n) is 2.56. The van der Waals surface area contributed by atoms with Crippen LogP contribution in [0.1, 0.15) is 45.7 Å². The molecule has 0 radical (unpaired) electrons. The number of ether oxygens (including phenoxy) is 1. The van der Waals surface area contributed by atoms with Crippen molar-refractivity contribution in [3.05, 3.63) is 23.3 Å². The van der Waals surface area contributed by atoms with Gasteiger partial charge in [0, 0.05) is 6.26 Å². The lowest BCUT2D eigenvalue weighted by Gasteiger charge is -2.22. The van der Waals surface area contributed by atoms with Crippen LogP contribution in [0, 0.1) is 6.92 Å². The van der Waals surface area contributed by atoms with Crippen LogP contribution >= 0.6 is 11.9 Å². The normalized spacial score (nSPS) is 10.4. The van der Waals surface area contributed by atoms with Gasteiger partial charge in [0.1, 0.15) is 5.75 Å². The maximum atomic E-state index is 5.42. The Kier molecular flexibility index (Phi) is 7.22. The topological polar surface area (TPSA) is 21.3 Å². The Morgan fingerprint density at radius 3 is 2.11 bits per heavy atom. The van der Waals surface area contributed by atoms with Crippen molar-refractivity contribution in [2.24, 2.45) is 0 Å². The Bertz CT molecular complexity index is 369. The molecule has 1 aromatic carbocycles. The maximum Gasteiger partial charge on any atom is 0.145 e. The van der Waals surface area contributed by atoms with Gasteiger partial charge in [-0.15, -0.1) is 0 Å². The minimum absolute atomic E-state index is 0.159. The lowest BCUT2D eigenvalue weighted by atomic mass is 9.86. The van der Waals surface area contributed by atoms with E-state index in [9.17, 15) is 0 Å². The Labute approximate surface area is 117 Å². The van der Waals surface area contributed by atoms with Gasteiger partial charge in [0.15, 0.2) is 0 Å². The third kappa shape index (κ3) is 4.45. The van der Waals surface area contributed by atoms with Crippen molar-refractivity contribution >= 4 is 17.6 Å². The summed E-state index contributed by atoms with van der Waals surface area (Å²) in [6.45, 7) is 12.7. The fourth-order valence-electron chi connectivity index (χ4n) is 1.66. The highest BCUT2D eigenvalue weighted by Gasteiger charge is 2.17. The van der Waals surface area contributed by atoms with Crippen LogP contribution in [0.3, 0.4) is 0 Å². The minimum atomic E-state index is 0.159. The van der Waals surface area contributed by atoms with Crippen LogP contribution < -0.4 is 9.46 Å². The van der Waals surface area contributed by atoms with Gasteiger partial charge in [-0.25, -0.2) is 0 Å². The van der Waals surface area contributed by atoms with E-state index in [2.05, 4.69) is 44.5 Å². The average molecular weight is 269 g/mol. The summed E-state index contributed by atoms with van der Waals surface area (Å²) in [5, 5.41) is 0. The van der Waals surface area contributed by atoms with Crippen LogP contribution in [0.5, 0.6) is 5.75 Å². The van der Waals surface area contributed by atoms with Crippen LogP contribution in [0.15, 0.2) is 12.1 Å². The third-order valence-corrected chi connectivity index (χ3v) is 2.98. The molecule has 0 heterocycles. The molecule has 18 heavy (non-hydrogen) atoms. The van der Waals surface area contributed by atoms with E-state index in [-0.39, 0.29) is 5.41 Å². The molecule has 0 aromatic heterocycles. The van der Waals surface area contributed by atoms with Gasteiger partial charge in [0.25, 0.3) is 0 Å². The highest BCUT2D eigenvalue weighted by molar-refractivity contribution is 7.99. The standard InChI is InChI=1S/C13H21NOS.C2H6/c1-9-7-10(13(2,3)4)8-11(14-16-6)12(9)15-5;1-2/h7-8,14H,1-6H3;1-2H3. The lowest BCUT2D eigenvalue weighted by molar-refractivity contribution is 0.413. The molecule has 1 rings (SSSR count). The molecule has 0 atom stereocenters. The van der Waals surface area contributed by atoms with Gasteiger partial charge in [0.2, 0.25) is 0 Å². The van der Waals surface area contributed by atoms with Gasteiger partial charge in [-0.1, -0.05) is 52.6 Å². The van der Waals surface area contributed by atoms with E-state index in [1.54, 1.807) is 19.1 Å². The number of rotatable bonds is 3. The quantitative estimate of drug-likeness (QED) is 0.779. The number of aryl methyl sites for hydroxylation is 1. The van der Waals surface area contributed by atoms with Gasteiger partial charge in [-0.05, 0) is 29.5 Å². The minimum Gasteiger partial charge on any atom is -0.494 e. The zero-order valence-corrected chi connectivity index (χ0v) is 13.8. The lowest BCUT2D eigenvalue weighted by Crippen LogP contribution is -2.12. The number of hydrogen-bond acceptors (Lipinski definition) is 3. The van der Waals surface area contributed by atoms with E-state index >= 15 is 0 Å². The van der Waals surface area contributed by atoms with E-state index in [0.29, 0.717) is 0 Å². The first-order valence-electron chi connectivity index (χ1n) is 6.38. The number of anilines is 1. The van der Waals surface area contributed by atoms with Crippen LogP contribution in [0.2, 0.25) is 0 Å². The predicted molar refractivity (Wildman–Crippen MR) is 84.9 cm³/mol. The molecule has 2 nitrogen and oxygen atoms in total. The smallest absolute Gasteiger partial charge is 0.145 e. The summed E-state index contributed by atoms with van der Waals surface area (Å²) in [5.74, 6) is 0.933. The molecule has 0 unspecified atom stereocenters. The van der Waals surface area contributed by atoms with Gasteiger partial charge < -0.3 is 9.46 Å². The van der Waals surface area contributed by atoms with E-state index in [4.69, 9.17) is 4.74 Å². The zero-order valence-electron chi connectivity index (χ0n) is 13.0. The summed E-state index contributed by atoms with van der Waals surface area (Å²) in [5.41, 5.74) is 3.71. The monoisotopic (exact) mass is 269 g/mol. The average Bonchev–Trinajstić information content (AvgIpc) is 2.30. The first kappa shape index (κ1) is 17.2. The van der Waals surface area contributed by atoms with Crippen LogP contribution in [-0.2, 0) is 5.41 Å². The summed E-state index contributed by atoms with van der Waals surface area (Å²) in [6.07, 6.45) is 2.01. The first-order chi connectivity index (χ1) is 8.40. The highest BCUT2D eigenvalue weighted by atomic mass is 32.2. The molecule has 104 valence electrons. The molecule has 0 spiro atoms. The van der Waals surface area contributed by atoms with E-state index in [0.717, 1.165) is 11.4 Å². The first-order valence-corrected chi connectivity index (χ1v) is 7.60. The maximum absolute atomic E-state index is 5.42. The molecule has 0 saturated carbocycles. The molecule has 0 amide bonds. The van der Waals surface area contributed by atoms with Gasteiger partial charge >= 0.3 is 0 Å². The van der Waals surface area contributed by atoms with E-state index < -0.39 is 0 Å². The van der Waals surface area contributed by atoms with Gasteiger partial charge in [-0.3, -0.25) is 0 Å². The largest absolute Gasteiger partial charge is 0.494 e. The van der Waals surface area contributed by atoms with Crippen LogP contribution in [0.4, 0.5) is 5.69 Å². The molecular weight excluding hydrogens is 242 g/mol. The zero-order chi connectivity index (χ0) is 14.3. The Balaban J connectivity index is 0.00000137. The summed E-state index contributed by atoms with van der Waals surface area (Å²) < 4.78 is 8.69. The molecule has 0 aliphatic rings. The Morgan fingerprint density at radius 1 is 1.17 bits per heavy atom. The summed E-state index contributed by atoms with van der Waals surface area (Å²) >= 11 is 1.58. The number of nitrogens with one attached hydrogen (secondary N) is 1. The predicted octanol–water partition coefficient (Wildman–Crippen LogP) is 5.02. The van der Waals surface area contributed by atoms with Crippen molar-refractivity contribution in [1.29, 1.82) is 0 Å². The number of methoxy groups -OCH3 is 1. The number of hydrogen-bond donors (Lipinski definition) is 1. The molecule has 0 aliphatic heterocycles. The van der Waals surface area contributed by atoms with Crippen LogP contribution in [-0.4, -0.2) is 13.4 Å². The summed E-state index contributed by atoms with van der Waals surface area (Å²) in [6, 6.07) is 4.37. The second kappa shape index (κ2) is 7.57. The van der Waals surface area contributed by atoms with Crippen molar-refractivity contribution in [3.8, 4) is 5.75 Å². The molecule has 1 aromatic rings. The highest BCUT2D eigenvalue weighted by Crippen LogP contribution is 2.35. The Morgan fingerprint density at radius 2 is 1.72 bits per heavy atom. The second-order valence-electron chi connectivity index (χ2n) is 4.93.